The van der Waals surface area contributed by atoms with Crippen molar-refractivity contribution in [3.63, 3.8) is 0 Å². The highest BCUT2D eigenvalue weighted by molar-refractivity contribution is 7.92. The van der Waals surface area contributed by atoms with Crippen molar-refractivity contribution in [2.45, 2.75) is 95.5 Å². The van der Waals surface area contributed by atoms with Gasteiger partial charge in [-0.1, -0.05) is 45.3 Å². The molecule has 1 N–H and O–H groups in total. The summed E-state index contributed by atoms with van der Waals surface area (Å²) in [4.78, 5) is 12.0. The van der Waals surface area contributed by atoms with Crippen LogP contribution < -0.4 is 0 Å². The Kier molecular flexibility index (Phi) is 7.67. The monoisotopic (exact) mass is 441 g/mol. The Bertz CT molecular complexity index is 724. The highest BCUT2D eigenvalue weighted by atomic mass is 32.2. The number of carbonyl (C=O) groups is 1. The fourth-order valence-corrected chi connectivity index (χ4v) is 7.94. The zero-order chi connectivity index (χ0) is 21.9. The minimum Gasteiger partial charge on any atom is -0.374 e. The molecule has 2 aliphatic heterocycles. The molecule has 3 rings (SSSR count). The van der Waals surface area contributed by atoms with Crippen LogP contribution in [0.5, 0.6) is 0 Å². The Labute approximate surface area is 181 Å². The molecule has 6 nitrogen and oxygen atoms in total. The summed E-state index contributed by atoms with van der Waals surface area (Å²) in [5.74, 6) is 0.380. The summed E-state index contributed by atoms with van der Waals surface area (Å²) in [6.45, 7) is 3.68. The number of hydrogen-bond acceptors (Lipinski definition) is 5. The molecule has 2 bridgehead atoms. The highest BCUT2D eigenvalue weighted by Crippen LogP contribution is 2.46. The third kappa shape index (κ3) is 5.46. The number of hydroxylamine groups is 2. The summed E-state index contributed by atoms with van der Waals surface area (Å²) in [6, 6.07) is 0. The molecule has 7 heteroatoms. The second-order valence-corrected chi connectivity index (χ2v) is 12.5. The van der Waals surface area contributed by atoms with E-state index >= 15 is 0 Å². The van der Waals surface area contributed by atoms with E-state index in [9.17, 15) is 18.4 Å². The standard InChI is InChI=1S/C23H39NO5S/c1-23(2,22(25)24(3)26)15-9-5-8-12-18-19(21-14-13-20(18)29-21)16-30(27,28)17-10-6-4-7-11-17/h5,8,17-21,26H,4,6-7,9-16H2,1-3H3/b8-5-/t18-,19+,20-,21+/m1/s1. The van der Waals surface area contributed by atoms with Crippen molar-refractivity contribution < 1.29 is 23.2 Å². The van der Waals surface area contributed by atoms with Gasteiger partial charge in [0.2, 0.25) is 0 Å². The van der Waals surface area contributed by atoms with Gasteiger partial charge in [-0.05, 0) is 50.9 Å². The predicted molar refractivity (Wildman–Crippen MR) is 117 cm³/mol. The number of amides is 1. The fraction of sp³-hybridized carbons (Fsp3) is 0.870. The van der Waals surface area contributed by atoms with Gasteiger partial charge in [0, 0.05) is 18.4 Å². The van der Waals surface area contributed by atoms with E-state index < -0.39 is 15.3 Å². The molecule has 0 radical (unpaired) electrons. The first-order chi connectivity index (χ1) is 14.1. The summed E-state index contributed by atoms with van der Waals surface area (Å²) >= 11 is 0. The van der Waals surface area contributed by atoms with Crippen molar-refractivity contribution in [1.82, 2.24) is 5.06 Å². The summed E-state index contributed by atoms with van der Waals surface area (Å²) in [5, 5.41) is 9.90. The van der Waals surface area contributed by atoms with Crippen LogP contribution in [0.1, 0.15) is 78.1 Å². The lowest BCUT2D eigenvalue weighted by Crippen LogP contribution is -2.37. The summed E-state index contributed by atoms with van der Waals surface area (Å²) < 4.78 is 32.2. The van der Waals surface area contributed by atoms with Crippen LogP contribution in [0.4, 0.5) is 0 Å². The number of carbonyl (C=O) groups excluding carboxylic acids is 1. The first-order valence-corrected chi connectivity index (χ1v) is 13.3. The van der Waals surface area contributed by atoms with E-state index in [1.165, 1.54) is 7.05 Å². The number of rotatable bonds is 9. The molecule has 2 heterocycles. The number of fused-ring (bicyclic) bond motifs is 2. The Balaban J connectivity index is 1.54. The summed E-state index contributed by atoms with van der Waals surface area (Å²) in [7, 11) is -1.71. The number of sulfone groups is 1. The van der Waals surface area contributed by atoms with Crippen molar-refractivity contribution in [3.05, 3.63) is 12.2 Å². The SMILES string of the molecule is CN(O)C(=O)C(C)(C)CC/C=C\C[C@@H]1[C@H](CS(=O)(=O)C2CCCCC2)[C@@H]2CC[C@H]1O2. The molecule has 1 amide bonds. The van der Waals surface area contributed by atoms with E-state index in [4.69, 9.17) is 4.74 Å². The van der Waals surface area contributed by atoms with Crippen LogP contribution in [0.3, 0.4) is 0 Å². The van der Waals surface area contributed by atoms with Gasteiger partial charge >= 0.3 is 0 Å². The maximum atomic E-state index is 13.0. The Morgan fingerprint density at radius 1 is 1.07 bits per heavy atom. The molecule has 172 valence electrons. The molecule has 1 saturated carbocycles. The van der Waals surface area contributed by atoms with Gasteiger partial charge in [0.15, 0.2) is 9.84 Å². The van der Waals surface area contributed by atoms with E-state index in [2.05, 4.69) is 12.2 Å². The van der Waals surface area contributed by atoms with Gasteiger partial charge in [0.1, 0.15) is 0 Å². The smallest absolute Gasteiger partial charge is 0.251 e. The zero-order valence-electron chi connectivity index (χ0n) is 18.8. The van der Waals surface area contributed by atoms with Crippen LogP contribution in [0.2, 0.25) is 0 Å². The molecule has 0 aromatic carbocycles. The van der Waals surface area contributed by atoms with E-state index in [-0.39, 0.29) is 41.0 Å². The van der Waals surface area contributed by atoms with Crippen LogP contribution in [-0.4, -0.2) is 54.9 Å². The van der Waals surface area contributed by atoms with Crippen molar-refractivity contribution in [1.29, 1.82) is 0 Å². The van der Waals surface area contributed by atoms with Gasteiger partial charge in [-0.25, -0.2) is 13.5 Å². The lowest BCUT2D eigenvalue weighted by molar-refractivity contribution is -0.169. The minimum absolute atomic E-state index is 0.100. The summed E-state index contributed by atoms with van der Waals surface area (Å²) in [5.41, 5.74) is -0.611. The van der Waals surface area contributed by atoms with Crippen LogP contribution in [0.15, 0.2) is 12.2 Å². The maximum Gasteiger partial charge on any atom is 0.251 e. The van der Waals surface area contributed by atoms with Gasteiger partial charge in [-0.3, -0.25) is 10.0 Å². The zero-order valence-corrected chi connectivity index (χ0v) is 19.6. The van der Waals surface area contributed by atoms with Crippen LogP contribution in [0.25, 0.3) is 0 Å². The first-order valence-electron chi connectivity index (χ1n) is 11.6. The van der Waals surface area contributed by atoms with Gasteiger partial charge in [-0.15, -0.1) is 0 Å². The Morgan fingerprint density at radius 3 is 2.33 bits per heavy atom. The van der Waals surface area contributed by atoms with Crippen LogP contribution in [-0.2, 0) is 19.4 Å². The Hall–Kier alpha value is -0.920. The summed E-state index contributed by atoms with van der Waals surface area (Å²) in [6.07, 6.45) is 13.7. The lowest BCUT2D eigenvalue weighted by Gasteiger charge is -2.30. The normalized spacial score (nSPS) is 30.3. The van der Waals surface area contributed by atoms with E-state index in [0.717, 1.165) is 57.8 Å². The molecule has 0 aromatic heterocycles. The van der Waals surface area contributed by atoms with Crippen molar-refractivity contribution in [2.75, 3.05) is 12.8 Å². The maximum absolute atomic E-state index is 13.0. The van der Waals surface area contributed by atoms with Gasteiger partial charge in [0.25, 0.3) is 5.91 Å². The third-order valence-electron chi connectivity index (χ3n) is 7.46. The van der Waals surface area contributed by atoms with Crippen molar-refractivity contribution >= 4 is 15.7 Å². The molecule has 0 aromatic rings. The topological polar surface area (TPSA) is 83.9 Å². The Morgan fingerprint density at radius 2 is 1.70 bits per heavy atom. The molecule has 2 saturated heterocycles. The quantitative estimate of drug-likeness (QED) is 0.330. The fourth-order valence-electron chi connectivity index (χ4n) is 5.62. The minimum atomic E-state index is -3.06. The van der Waals surface area contributed by atoms with E-state index in [0.29, 0.717) is 11.5 Å². The van der Waals surface area contributed by atoms with E-state index in [1.54, 1.807) is 0 Å². The number of allylic oxidation sites excluding steroid dienone is 2. The molecule has 4 atom stereocenters. The molecule has 0 unspecified atom stereocenters. The second-order valence-electron chi connectivity index (χ2n) is 10.2. The molecular weight excluding hydrogens is 402 g/mol. The van der Waals surface area contributed by atoms with Gasteiger partial charge < -0.3 is 4.74 Å². The number of hydrogen-bond donors (Lipinski definition) is 1. The molecule has 30 heavy (non-hydrogen) atoms. The number of ether oxygens (including phenoxy) is 1. The van der Waals surface area contributed by atoms with Crippen molar-refractivity contribution in [3.8, 4) is 0 Å². The molecule has 3 aliphatic rings. The largest absolute Gasteiger partial charge is 0.374 e. The average molecular weight is 442 g/mol. The second kappa shape index (κ2) is 9.70. The van der Waals surface area contributed by atoms with Gasteiger partial charge in [0.05, 0.1) is 23.2 Å². The van der Waals surface area contributed by atoms with Gasteiger partial charge in [-0.2, -0.15) is 0 Å². The molecule has 0 spiro atoms. The van der Waals surface area contributed by atoms with E-state index in [1.807, 2.05) is 13.8 Å². The van der Waals surface area contributed by atoms with Crippen LogP contribution in [0, 0.1) is 17.3 Å². The van der Waals surface area contributed by atoms with Crippen molar-refractivity contribution in [2.24, 2.45) is 17.3 Å². The number of nitrogens with zero attached hydrogens (tertiary/aromatic N) is 1. The average Bonchev–Trinajstić information content (AvgIpc) is 3.30. The molecule has 1 aliphatic carbocycles. The highest BCUT2D eigenvalue weighted by Gasteiger charge is 2.50. The predicted octanol–water partition coefficient (Wildman–Crippen LogP) is 4.13. The van der Waals surface area contributed by atoms with Crippen LogP contribution >= 0.6 is 0 Å². The molecular formula is C23H39NO5S. The lowest BCUT2D eigenvalue weighted by atomic mass is 9.78. The molecule has 3 fully saturated rings. The first kappa shape index (κ1) is 23.7. The third-order valence-corrected chi connectivity index (χ3v) is 9.80.